The fourth-order valence-corrected chi connectivity index (χ4v) is 2.76. The van der Waals surface area contributed by atoms with Crippen LogP contribution >= 0.6 is 15.9 Å². The highest BCUT2D eigenvalue weighted by atomic mass is 79.9. The molecule has 2 nitrogen and oxygen atoms in total. The van der Waals surface area contributed by atoms with Gasteiger partial charge in [-0.1, -0.05) is 22.9 Å². The molecule has 1 aromatic rings. The highest BCUT2D eigenvalue weighted by Crippen LogP contribution is 2.25. The number of phenols is 1. The van der Waals surface area contributed by atoms with E-state index in [1.807, 2.05) is 12.1 Å². The minimum atomic E-state index is 0.404. The standard InChI is InChI=1S/C13H18BrNO/c1-10-3-2-6-15(8-10)9-11-7-12(14)4-5-13(11)16/h4-5,7,10,16H,2-3,6,8-9H2,1H3. The first kappa shape index (κ1) is 11.9. The van der Waals surface area contributed by atoms with E-state index < -0.39 is 0 Å². The molecule has 0 amide bonds. The second-order valence-electron chi connectivity index (χ2n) is 4.76. The van der Waals surface area contributed by atoms with E-state index in [9.17, 15) is 5.11 Å². The van der Waals surface area contributed by atoms with Crippen molar-refractivity contribution in [3.8, 4) is 5.75 Å². The minimum Gasteiger partial charge on any atom is -0.508 e. The lowest BCUT2D eigenvalue weighted by Gasteiger charge is -2.31. The molecule has 1 heterocycles. The molecule has 1 fully saturated rings. The van der Waals surface area contributed by atoms with Gasteiger partial charge in [0.15, 0.2) is 0 Å². The fraction of sp³-hybridized carbons (Fsp3) is 0.538. The first-order valence-electron chi connectivity index (χ1n) is 5.85. The van der Waals surface area contributed by atoms with Gasteiger partial charge in [-0.15, -0.1) is 0 Å². The van der Waals surface area contributed by atoms with Crippen LogP contribution in [-0.2, 0) is 6.54 Å². The number of aromatic hydroxyl groups is 1. The average molecular weight is 284 g/mol. The monoisotopic (exact) mass is 283 g/mol. The van der Waals surface area contributed by atoms with Crippen LogP contribution < -0.4 is 0 Å². The fourth-order valence-electron chi connectivity index (χ4n) is 2.35. The maximum Gasteiger partial charge on any atom is 0.120 e. The summed E-state index contributed by atoms with van der Waals surface area (Å²) in [5.41, 5.74) is 1.02. The lowest BCUT2D eigenvalue weighted by Crippen LogP contribution is -2.33. The van der Waals surface area contributed by atoms with E-state index in [0.29, 0.717) is 5.75 Å². The molecule has 1 unspecified atom stereocenters. The smallest absolute Gasteiger partial charge is 0.120 e. The van der Waals surface area contributed by atoms with Crippen molar-refractivity contribution in [2.75, 3.05) is 13.1 Å². The minimum absolute atomic E-state index is 0.404. The summed E-state index contributed by atoms with van der Waals surface area (Å²) in [5, 5.41) is 9.78. The third-order valence-electron chi connectivity index (χ3n) is 3.18. The first-order chi connectivity index (χ1) is 7.65. The number of halogens is 1. The Labute approximate surface area is 105 Å². The Morgan fingerprint density at radius 3 is 3.06 bits per heavy atom. The van der Waals surface area contributed by atoms with Crippen molar-refractivity contribution >= 4 is 15.9 Å². The summed E-state index contributed by atoms with van der Waals surface area (Å²) in [4.78, 5) is 2.43. The van der Waals surface area contributed by atoms with E-state index in [1.54, 1.807) is 6.07 Å². The number of likely N-dealkylation sites (tertiary alicyclic amines) is 1. The number of phenolic OH excluding ortho intramolecular Hbond substituents is 1. The SMILES string of the molecule is CC1CCCN(Cc2cc(Br)ccc2O)C1. The van der Waals surface area contributed by atoms with E-state index in [1.165, 1.54) is 12.8 Å². The Bertz CT molecular complexity index is 367. The lowest BCUT2D eigenvalue weighted by molar-refractivity contribution is 0.175. The topological polar surface area (TPSA) is 23.5 Å². The molecular weight excluding hydrogens is 266 g/mol. The van der Waals surface area contributed by atoms with Gasteiger partial charge in [-0.2, -0.15) is 0 Å². The van der Waals surface area contributed by atoms with Crippen LogP contribution in [0.25, 0.3) is 0 Å². The summed E-state index contributed by atoms with van der Waals surface area (Å²) in [6, 6.07) is 5.64. The van der Waals surface area contributed by atoms with Gasteiger partial charge in [0, 0.05) is 23.1 Å². The first-order valence-corrected chi connectivity index (χ1v) is 6.64. The predicted octanol–water partition coefficient (Wildman–Crippen LogP) is 3.39. The summed E-state index contributed by atoms with van der Waals surface area (Å²) >= 11 is 3.44. The van der Waals surface area contributed by atoms with Gasteiger partial charge in [-0.05, 0) is 43.5 Å². The van der Waals surface area contributed by atoms with Crippen LogP contribution in [0.2, 0.25) is 0 Å². The van der Waals surface area contributed by atoms with Crippen molar-refractivity contribution in [3.05, 3.63) is 28.2 Å². The van der Waals surface area contributed by atoms with Crippen molar-refractivity contribution in [2.24, 2.45) is 5.92 Å². The number of hydrogen-bond acceptors (Lipinski definition) is 2. The van der Waals surface area contributed by atoms with Crippen molar-refractivity contribution in [1.82, 2.24) is 4.90 Å². The van der Waals surface area contributed by atoms with Crippen LogP contribution in [0.4, 0.5) is 0 Å². The summed E-state index contributed by atoms with van der Waals surface area (Å²) in [7, 11) is 0. The molecule has 1 aliphatic rings. The molecule has 0 aliphatic carbocycles. The Morgan fingerprint density at radius 1 is 1.50 bits per heavy atom. The molecule has 1 aromatic carbocycles. The van der Waals surface area contributed by atoms with Gasteiger partial charge in [0.25, 0.3) is 0 Å². The normalized spacial score (nSPS) is 22.2. The summed E-state index contributed by atoms with van der Waals surface area (Å²) in [6.07, 6.45) is 2.61. The third kappa shape index (κ3) is 2.98. The molecule has 1 saturated heterocycles. The second-order valence-corrected chi connectivity index (χ2v) is 5.67. The Kier molecular flexibility index (Phi) is 3.87. The van der Waals surface area contributed by atoms with Crippen molar-refractivity contribution in [2.45, 2.75) is 26.3 Å². The lowest BCUT2D eigenvalue weighted by atomic mass is 10.00. The summed E-state index contributed by atoms with van der Waals surface area (Å²) in [5.74, 6) is 1.18. The highest BCUT2D eigenvalue weighted by molar-refractivity contribution is 9.10. The van der Waals surface area contributed by atoms with Crippen molar-refractivity contribution in [3.63, 3.8) is 0 Å². The molecule has 3 heteroatoms. The van der Waals surface area contributed by atoms with Gasteiger partial charge in [0.05, 0.1) is 0 Å². The highest BCUT2D eigenvalue weighted by Gasteiger charge is 2.17. The Hall–Kier alpha value is -0.540. The molecule has 0 bridgehead atoms. The zero-order valence-corrected chi connectivity index (χ0v) is 11.2. The quantitative estimate of drug-likeness (QED) is 0.900. The van der Waals surface area contributed by atoms with Gasteiger partial charge < -0.3 is 5.11 Å². The van der Waals surface area contributed by atoms with Crippen LogP contribution in [0.1, 0.15) is 25.3 Å². The zero-order valence-electron chi connectivity index (χ0n) is 9.62. The Morgan fingerprint density at radius 2 is 2.31 bits per heavy atom. The second kappa shape index (κ2) is 5.19. The molecule has 1 N–H and O–H groups in total. The van der Waals surface area contributed by atoms with Crippen molar-refractivity contribution in [1.29, 1.82) is 0 Å². The van der Waals surface area contributed by atoms with E-state index in [-0.39, 0.29) is 0 Å². The van der Waals surface area contributed by atoms with Crippen LogP contribution in [0.3, 0.4) is 0 Å². The Balaban J connectivity index is 2.05. The number of rotatable bonds is 2. The molecular formula is C13H18BrNO. The van der Waals surface area contributed by atoms with Gasteiger partial charge >= 0.3 is 0 Å². The molecule has 88 valence electrons. The van der Waals surface area contributed by atoms with E-state index in [0.717, 1.165) is 35.6 Å². The zero-order chi connectivity index (χ0) is 11.5. The number of benzene rings is 1. The largest absolute Gasteiger partial charge is 0.508 e. The molecule has 1 aliphatic heterocycles. The molecule has 0 aromatic heterocycles. The van der Waals surface area contributed by atoms with Crippen LogP contribution in [-0.4, -0.2) is 23.1 Å². The van der Waals surface area contributed by atoms with Crippen LogP contribution in [0.5, 0.6) is 5.75 Å². The maximum absolute atomic E-state index is 9.78. The maximum atomic E-state index is 9.78. The number of hydrogen-bond donors (Lipinski definition) is 1. The summed E-state index contributed by atoms with van der Waals surface area (Å²) < 4.78 is 1.03. The molecule has 0 radical (unpaired) electrons. The average Bonchev–Trinajstić information content (AvgIpc) is 2.24. The predicted molar refractivity (Wildman–Crippen MR) is 69.5 cm³/mol. The van der Waals surface area contributed by atoms with Gasteiger partial charge in [-0.3, -0.25) is 4.90 Å². The molecule has 1 atom stereocenters. The number of nitrogens with zero attached hydrogens (tertiary/aromatic N) is 1. The molecule has 16 heavy (non-hydrogen) atoms. The van der Waals surface area contributed by atoms with E-state index >= 15 is 0 Å². The van der Waals surface area contributed by atoms with Crippen molar-refractivity contribution < 1.29 is 5.11 Å². The van der Waals surface area contributed by atoms with E-state index in [4.69, 9.17) is 0 Å². The number of piperidine rings is 1. The van der Waals surface area contributed by atoms with Gasteiger partial charge in [0.2, 0.25) is 0 Å². The molecule has 0 saturated carbocycles. The van der Waals surface area contributed by atoms with E-state index in [2.05, 4.69) is 27.8 Å². The van der Waals surface area contributed by atoms with Gasteiger partial charge in [-0.25, -0.2) is 0 Å². The van der Waals surface area contributed by atoms with Crippen LogP contribution in [0, 0.1) is 5.92 Å². The molecule has 0 spiro atoms. The molecule has 2 rings (SSSR count). The third-order valence-corrected chi connectivity index (χ3v) is 3.67. The summed E-state index contributed by atoms with van der Waals surface area (Å²) in [6.45, 7) is 5.45. The van der Waals surface area contributed by atoms with Crippen LogP contribution in [0.15, 0.2) is 22.7 Å². The van der Waals surface area contributed by atoms with Gasteiger partial charge in [0.1, 0.15) is 5.75 Å².